The van der Waals surface area contributed by atoms with Gasteiger partial charge in [0.15, 0.2) is 11.6 Å². The van der Waals surface area contributed by atoms with Crippen molar-refractivity contribution in [1.29, 1.82) is 0 Å². The van der Waals surface area contributed by atoms with Crippen LogP contribution in [-0.4, -0.2) is 44.2 Å². The smallest absolute Gasteiger partial charge is 0.200 e. The minimum atomic E-state index is -0.948. The second kappa shape index (κ2) is 9.26. The molecule has 0 aromatic heterocycles. The Labute approximate surface area is 127 Å². The minimum Gasteiger partial charge on any atom is -0.489 e. The van der Waals surface area contributed by atoms with E-state index < -0.39 is 11.6 Å². The second-order valence-corrected chi connectivity index (χ2v) is 5.24. The third-order valence-corrected chi connectivity index (χ3v) is 3.45. The second-order valence-electron chi connectivity index (χ2n) is 4.33. The van der Waals surface area contributed by atoms with Gasteiger partial charge < -0.3 is 15.0 Å². The summed E-state index contributed by atoms with van der Waals surface area (Å²) >= 11 is 3.10. The van der Waals surface area contributed by atoms with Crippen LogP contribution in [-0.2, 0) is 0 Å². The quantitative estimate of drug-likeness (QED) is 0.547. The highest BCUT2D eigenvalue weighted by molar-refractivity contribution is 9.10. The van der Waals surface area contributed by atoms with Crippen molar-refractivity contribution in [2.24, 2.45) is 0 Å². The van der Waals surface area contributed by atoms with Crippen LogP contribution in [0.15, 0.2) is 16.6 Å². The molecule has 1 rings (SSSR count). The van der Waals surface area contributed by atoms with Gasteiger partial charge in [-0.3, -0.25) is 0 Å². The summed E-state index contributed by atoms with van der Waals surface area (Å²) < 4.78 is 32.2. The predicted octanol–water partition coefficient (Wildman–Crippen LogP) is 3.04. The molecule has 0 amide bonds. The average Bonchev–Trinajstić information content (AvgIpc) is 2.43. The molecule has 3 nitrogen and oxygen atoms in total. The molecule has 114 valence electrons. The fourth-order valence-corrected chi connectivity index (χ4v) is 2.18. The monoisotopic (exact) mass is 350 g/mol. The summed E-state index contributed by atoms with van der Waals surface area (Å²) in [6, 6.07) is 2.50. The van der Waals surface area contributed by atoms with Crippen LogP contribution >= 0.6 is 15.9 Å². The first-order chi connectivity index (χ1) is 9.58. The Morgan fingerprint density at radius 1 is 1.20 bits per heavy atom. The Morgan fingerprint density at radius 3 is 2.55 bits per heavy atom. The molecule has 0 unspecified atom stereocenters. The lowest BCUT2D eigenvalue weighted by molar-refractivity contribution is 0.277. The fraction of sp³-hybridized carbons (Fsp3) is 0.571. The SMILES string of the molecule is CCN(CC)CCNCCOc1cc(Br)cc(F)c1F. The third kappa shape index (κ3) is 5.73. The van der Waals surface area contributed by atoms with Crippen molar-refractivity contribution in [3.8, 4) is 5.75 Å². The molecule has 0 heterocycles. The third-order valence-electron chi connectivity index (χ3n) is 3.00. The van der Waals surface area contributed by atoms with E-state index in [9.17, 15) is 8.78 Å². The molecule has 1 N–H and O–H groups in total. The number of hydrogen-bond donors (Lipinski definition) is 1. The van der Waals surface area contributed by atoms with Crippen LogP contribution in [0.3, 0.4) is 0 Å². The number of hydrogen-bond acceptors (Lipinski definition) is 3. The normalized spacial score (nSPS) is 11.1. The van der Waals surface area contributed by atoms with E-state index in [0.717, 1.165) is 32.2 Å². The van der Waals surface area contributed by atoms with Crippen molar-refractivity contribution in [1.82, 2.24) is 10.2 Å². The number of nitrogens with one attached hydrogen (secondary N) is 1. The van der Waals surface area contributed by atoms with Crippen LogP contribution in [0.2, 0.25) is 0 Å². The number of nitrogens with zero attached hydrogens (tertiary/aromatic N) is 1. The maximum Gasteiger partial charge on any atom is 0.200 e. The van der Waals surface area contributed by atoms with E-state index in [1.54, 1.807) is 0 Å². The first-order valence-electron chi connectivity index (χ1n) is 6.78. The molecule has 1 aromatic rings. The molecular formula is C14H21BrF2N2O. The van der Waals surface area contributed by atoms with Gasteiger partial charge in [-0.1, -0.05) is 29.8 Å². The molecule has 1 aromatic carbocycles. The van der Waals surface area contributed by atoms with E-state index in [2.05, 4.69) is 40.0 Å². The van der Waals surface area contributed by atoms with Gasteiger partial charge >= 0.3 is 0 Å². The molecule has 0 saturated heterocycles. The number of halogens is 3. The van der Waals surface area contributed by atoms with Gasteiger partial charge in [0.2, 0.25) is 5.82 Å². The van der Waals surface area contributed by atoms with Gasteiger partial charge in [0, 0.05) is 24.1 Å². The summed E-state index contributed by atoms with van der Waals surface area (Å²) in [7, 11) is 0. The summed E-state index contributed by atoms with van der Waals surface area (Å²) in [5.41, 5.74) is 0. The largest absolute Gasteiger partial charge is 0.489 e. The topological polar surface area (TPSA) is 24.5 Å². The lowest BCUT2D eigenvalue weighted by Crippen LogP contribution is -2.33. The summed E-state index contributed by atoms with van der Waals surface area (Å²) in [5.74, 6) is -1.93. The molecular weight excluding hydrogens is 330 g/mol. The number of benzene rings is 1. The molecule has 0 radical (unpaired) electrons. The van der Waals surface area contributed by atoms with Crippen molar-refractivity contribution in [2.45, 2.75) is 13.8 Å². The zero-order valence-electron chi connectivity index (χ0n) is 11.9. The van der Waals surface area contributed by atoms with Crippen LogP contribution in [0.4, 0.5) is 8.78 Å². The molecule has 0 aliphatic rings. The van der Waals surface area contributed by atoms with Crippen LogP contribution in [0, 0.1) is 11.6 Å². The molecule has 0 bridgehead atoms. The Bertz CT molecular complexity index is 414. The molecule has 0 saturated carbocycles. The minimum absolute atomic E-state index is 0.0672. The first kappa shape index (κ1) is 17.3. The summed E-state index contributed by atoms with van der Waals surface area (Å²) in [5, 5.41) is 3.21. The fourth-order valence-electron chi connectivity index (χ4n) is 1.77. The van der Waals surface area contributed by atoms with E-state index in [-0.39, 0.29) is 5.75 Å². The summed E-state index contributed by atoms with van der Waals surface area (Å²) in [6.45, 7) is 9.00. The van der Waals surface area contributed by atoms with Crippen molar-refractivity contribution in [3.63, 3.8) is 0 Å². The van der Waals surface area contributed by atoms with Crippen molar-refractivity contribution >= 4 is 15.9 Å². The van der Waals surface area contributed by atoms with Crippen LogP contribution in [0.1, 0.15) is 13.8 Å². The lowest BCUT2D eigenvalue weighted by atomic mass is 10.3. The first-order valence-corrected chi connectivity index (χ1v) is 7.58. The predicted molar refractivity (Wildman–Crippen MR) is 80.2 cm³/mol. The molecule has 0 aliphatic carbocycles. The van der Waals surface area contributed by atoms with Crippen molar-refractivity contribution in [3.05, 3.63) is 28.2 Å². The Kier molecular flexibility index (Phi) is 8.02. The zero-order chi connectivity index (χ0) is 15.0. The molecule has 6 heteroatoms. The maximum absolute atomic E-state index is 13.4. The molecule has 0 spiro atoms. The van der Waals surface area contributed by atoms with Crippen molar-refractivity contribution in [2.75, 3.05) is 39.3 Å². The molecule has 0 atom stereocenters. The Balaban J connectivity index is 2.25. The summed E-state index contributed by atoms with van der Waals surface area (Å²) in [6.07, 6.45) is 0. The number of ether oxygens (including phenoxy) is 1. The molecule has 0 fully saturated rings. The van der Waals surface area contributed by atoms with Gasteiger partial charge in [-0.2, -0.15) is 4.39 Å². The Morgan fingerprint density at radius 2 is 1.90 bits per heavy atom. The van der Waals surface area contributed by atoms with Gasteiger partial charge in [-0.05, 0) is 25.2 Å². The van der Waals surface area contributed by atoms with Crippen LogP contribution < -0.4 is 10.1 Å². The molecule has 20 heavy (non-hydrogen) atoms. The van der Waals surface area contributed by atoms with Gasteiger partial charge in [0.25, 0.3) is 0 Å². The van der Waals surface area contributed by atoms with Crippen LogP contribution in [0.5, 0.6) is 5.75 Å². The van der Waals surface area contributed by atoms with Gasteiger partial charge in [0.1, 0.15) is 6.61 Å². The summed E-state index contributed by atoms with van der Waals surface area (Å²) in [4.78, 5) is 2.30. The lowest BCUT2D eigenvalue weighted by Gasteiger charge is -2.18. The highest BCUT2D eigenvalue weighted by atomic mass is 79.9. The van der Waals surface area contributed by atoms with Crippen LogP contribution in [0.25, 0.3) is 0 Å². The van der Waals surface area contributed by atoms with Gasteiger partial charge in [0.05, 0.1) is 0 Å². The number of rotatable bonds is 9. The van der Waals surface area contributed by atoms with E-state index in [1.807, 2.05) is 0 Å². The van der Waals surface area contributed by atoms with E-state index in [1.165, 1.54) is 6.07 Å². The molecule has 0 aliphatic heterocycles. The van der Waals surface area contributed by atoms with E-state index in [0.29, 0.717) is 17.6 Å². The highest BCUT2D eigenvalue weighted by Gasteiger charge is 2.10. The average molecular weight is 351 g/mol. The van der Waals surface area contributed by atoms with E-state index >= 15 is 0 Å². The zero-order valence-corrected chi connectivity index (χ0v) is 13.5. The van der Waals surface area contributed by atoms with Gasteiger partial charge in [-0.25, -0.2) is 4.39 Å². The standard InChI is InChI=1S/C14H21BrF2N2O/c1-3-19(4-2)7-5-18-6-8-20-13-10-11(15)9-12(16)14(13)17/h9-10,18H,3-8H2,1-2H3. The number of likely N-dealkylation sites (N-methyl/N-ethyl adjacent to an activating group) is 1. The van der Waals surface area contributed by atoms with E-state index in [4.69, 9.17) is 4.74 Å². The highest BCUT2D eigenvalue weighted by Crippen LogP contribution is 2.25. The Hall–Kier alpha value is -0.720. The van der Waals surface area contributed by atoms with Crippen molar-refractivity contribution < 1.29 is 13.5 Å². The van der Waals surface area contributed by atoms with Gasteiger partial charge in [-0.15, -0.1) is 0 Å². The maximum atomic E-state index is 13.4.